The summed E-state index contributed by atoms with van der Waals surface area (Å²) in [5.41, 5.74) is 2.35. The van der Waals surface area contributed by atoms with Crippen LogP contribution in [-0.2, 0) is 16.0 Å². The number of rotatable bonds is 8. The van der Waals surface area contributed by atoms with Crippen molar-refractivity contribution in [1.82, 2.24) is 9.80 Å². The molecule has 0 aliphatic carbocycles. The van der Waals surface area contributed by atoms with E-state index in [1.807, 2.05) is 36.1 Å². The third kappa shape index (κ3) is 5.63. The van der Waals surface area contributed by atoms with Gasteiger partial charge in [-0.3, -0.25) is 9.59 Å². The predicted octanol–water partition coefficient (Wildman–Crippen LogP) is 4.46. The Bertz CT molecular complexity index is 860. The highest BCUT2D eigenvalue weighted by Gasteiger charge is 2.33. The number of aryl methyl sites for hydroxylation is 1. The molecule has 1 aliphatic rings. The highest BCUT2D eigenvalue weighted by atomic mass is 32.1. The normalized spacial score (nSPS) is 15.8. The summed E-state index contributed by atoms with van der Waals surface area (Å²) in [5.74, 6) is 1.23. The number of benzene rings is 1. The Morgan fingerprint density at radius 1 is 1.23 bits per heavy atom. The van der Waals surface area contributed by atoms with E-state index in [2.05, 4.69) is 25.3 Å². The fraction of sp³-hybridized carbons (Fsp3) is 0.500. The van der Waals surface area contributed by atoms with Crippen molar-refractivity contribution < 1.29 is 14.3 Å². The zero-order valence-electron chi connectivity index (χ0n) is 18.4. The third-order valence-electron chi connectivity index (χ3n) is 5.59. The van der Waals surface area contributed by atoms with Crippen LogP contribution in [0.1, 0.15) is 49.2 Å². The van der Waals surface area contributed by atoms with E-state index in [9.17, 15) is 9.59 Å². The molecule has 1 aromatic heterocycles. The fourth-order valence-corrected chi connectivity index (χ4v) is 4.63. The lowest BCUT2D eigenvalue weighted by molar-refractivity contribution is -0.142. The van der Waals surface area contributed by atoms with E-state index >= 15 is 0 Å². The Hall–Kier alpha value is -2.34. The molecule has 1 atom stereocenters. The molecular formula is C24H32N2O3S. The summed E-state index contributed by atoms with van der Waals surface area (Å²) in [6.07, 6.45) is 1.74. The second-order valence-electron chi connectivity index (χ2n) is 8.40. The van der Waals surface area contributed by atoms with Gasteiger partial charge in [0.2, 0.25) is 11.8 Å². The van der Waals surface area contributed by atoms with Gasteiger partial charge in [0.15, 0.2) is 0 Å². The fourth-order valence-electron chi connectivity index (χ4n) is 3.70. The molecule has 0 N–H and O–H groups in total. The molecule has 1 aliphatic heterocycles. The standard InChI is InChI=1S/C24H32N2O3S/c1-17(2)9-12-25(19(4)27)15-24(28)26-13-10-23-21(11-14-30-23)22(26)16-29-20-7-5-18(3)6-8-20/h5-8,11,14,17,22H,9-10,12-13,15-16H2,1-4H3/t22-/m1/s1. The van der Waals surface area contributed by atoms with Crippen LogP contribution < -0.4 is 4.74 Å². The Morgan fingerprint density at radius 3 is 2.63 bits per heavy atom. The van der Waals surface area contributed by atoms with Gasteiger partial charge in [-0.2, -0.15) is 0 Å². The summed E-state index contributed by atoms with van der Waals surface area (Å²) in [4.78, 5) is 30.2. The molecule has 0 fully saturated rings. The van der Waals surface area contributed by atoms with Crippen molar-refractivity contribution in [1.29, 1.82) is 0 Å². The second-order valence-corrected chi connectivity index (χ2v) is 9.40. The third-order valence-corrected chi connectivity index (χ3v) is 6.59. The minimum Gasteiger partial charge on any atom is -0.491 e. The van der Waals surface area contributed by atoms with Crippen LogP contribution in [0.25, 0.3) is 0 Å². The number of fused-ring (bicyclic) bond motifs is 1. The van der Waals surface area contributed by atoms with E-state index in [1.54, 1.807) is 23.2 Å². The average Bonchev–Trinajstić information content (AvgIpc) is 3.19. The maximum atomic E-state index is 13.2. The largest absolute Gasteiger partial charge is 0.491 e. The van der Waals surface area contributed by atoms with Crippen LogP contribution in [0.5, 0.6) is 5.75 Å². The number of carbonyl (C=O) groups excluding carboxylic acids is 2. The molecule has 0 radical (unpaired) electrons. The maximum absolute atomic E-state index is 13.2. The van der Waals surface area contributed by atoms with E-state index in [0.29, 0.717) is 25.6 Å². The molecule has 1 aromatic carbocycles. The van der Waals surface area contributed by atoms with E-state index in [0.717, 1.165) is 18.6 Å². The molecule has 0 saturated heterocycles. The van der Waals surface area contributed by atoms with Crippen LogP contribution in [0, 0.1) is 12.8 Å². The first-order valence-electron chi connectivity index (χ1n) is 10.7. The van der Waals surface area contributed by atoms with Crippen LogP contribution in [0.15, 0.2) is 35.7 Å². The number of ether oxygens (including phenoxy) is 1. The SMILES string of the molecule is CC(=O)N(CCC(C)C)CC(=O)N1CCc2sccc2[C@H]1COc1ccc(C)cc1. The van der Waals surface area contributed by atoms with Gasteiger partial charge in [-0.15, -0.1) is 11.3 Å². The first-order valence-corrected chi connectivity index (χ1v) is 11.5. The van der Waals surface area contributed by atoms with Crippen molar-refractivity contribution in [3.05, 3.63) is 51.7 Å². The number of thiophene rings is 1. The van der Waals surface area contributed by atoms with Gasteiger partial charge in [0.1, 0.15) is 12.4 Å². The minimum atomic E-state index is -0.132. The van der Waals surface area contributed by atoms with Gasteiger partial charge < -0.3 is 14.5 Å². The molecule has 2 aromatic rings. The Balaban J connectivity index is 1.73. The van der Waals surface area contributed by atoms with E-state index < -0.39 is 0 Å². The molecule has 0 saturated carbocycles. The molecular weight excluding hydrogens is 396 g/mol. The maximum Gasteiger partial charge on any atom is 0.242 e. The lowest BCUT2D eigenvalue weighted by Crippen LogP contribution is -2.47. The Morgan fingerprint density at radius 2 is 1.97 bits per heavy atom. The zero-order chi connectivity index (χ0) is 21.7. The number of hydrogen-bond acceptors (Lipinski definition) is 4. The van der Waals surface area contributed by atoms with Gasteiger partial charge in [-0.1, -0.05) is 31.5 Å². The van der Waals surface area contributed by atoms with Gasteiger partial charge in [-0.25, -0.2) is 0 Å². The first-order chi connectivity index (χ1) is 14.3. The molecule has 2 amide bonds. The molecule has 0 unspecified atom stereocenters. The van der Waals surface area contributed by atoms with E-state index in [4.69, 9.17) is 4.74 Å². The molecule has 6 heteroatoms. The lowest BCUT2D eigenvalue weighted by atomic mass is 10.0. The summed E-state index contributed by atoms with van der Waals surface area (Å²) >= 11 is 1.74. The number of nitrogens with zero attached hydrogens (tertiary/aromatic N) is 2. The monoisotopic (exact) mass is 428 g/mol. The highest BCUT2D eigenvalue weighted by molar-refractivity contribution is 7.10. The topological polar surface area (TPSA) is 49.9 Å². The summed E-state index contributed by atoms with van der Waals surface area (Å²) in [6, 6.07) is 9.94. The number of amides is 2. The van der Waals surface area contributed by atoms with Gasteiger partial charge in [0.05, 0.1) is 12.6 Å². The quantitative estimate of drug-likeness (QED) is 0.624. The molecule has 0 bridgehead atoms. The van der Waals surface area contributed by atoms with E-state index in [1.165, 1.54) is 16.0 Å². The zero-order valence-corrected chi connectivity index (χ0v) is 19.2. The van der Waals surface area contributed by atoms with Crippen LogP contribution in [0.3, 0.4) is 0 Å². The van der Waals surface area contributed by atoms with Crippen molar-refractivity contribution in [3.8, 4) is 5.75 Å². The number of carbonyl (C=O) groups is 2. The molecule has 30 heavy (non-hydrogen) atoms. The molecule has 0 spiro atoms. The van der Waals surface area contributed by atoms with Gasteiger partial charge >= 0.3 is 0 Å². The Labute approximate surface area is 183 Å². The summed E-state index contributed by atoms with van der Waals surface area (Å²) in [7, 11) is 0. The van der Waals surface area contributed by atoms with Crippen molar-refractivity contribution in [2.45, 2.75) is 46.6 Å². The van der Waals surface area contributed by atoms with Crippen LogP contribution in [0.2, 0.25) is 0 Å². The van der Waals surface area contributed by atoms with Gasteiger partial charge in [0.25, 0.3) is 0 Å². The molecule has 162 valence electrons. The smallest absolute Gasteiger partial charge is 0.242 e. The average molecular weight is 429 g/mol. The Kier molecular flexibility index (Phi) is 7.53. The van der Waals surface area contributed by atoms with Crippen molar-refractivity contribution in [2.24, 2.45) is 5.92 Å². The summed E-state index contributed by atoms with van der Waals surface area (Å²) in [6.45, 7) is 9.64. The van der Waals surface area contributed by atoms with Crippen molar-refractivity contribution >= 4 is 23.2 Å². The molecule has 3 rings (SSSR count). The van der Waals surface area contributed by atoms with Gasteiger partial charge in [-0.05, 0) is 54.8 Å². The van der Waals surface area contributed by atoms with Crippen LogP contribution >= 0.6 is 11.3 Å². The van der Waals surface area contributed by atoms with Crippen molar-refractivity contribution in [2.75, 3.05) is 26.2 Å². The van der Waals surface area contributed by atoms with E-state index in [-0.39, 0.29) is 24.4 Å². The lowest BCUT2D eigenvalue weighted by Gasteiger charge is -2.37. The summed E-state index contributed by atoms with van der Waals surface area (Å²) < 4.78 is 6.07. The molecule has 2 heterocycles. The first kappa shape index (κ1) is 22.3. The highest BCUT2D eigenvalue weighted by Crippen LogP contribution is 2.34. The minimum absolute atomic E-state index is 0.0108. The van der Waals surface area contributed by atoms with Crippen molar-refractivity contribution in [3.63, 3.8) is 0 Å². The second kappa shape index (κ2) is 10.1. The summed E-state index contributed by atoms with van der Waals surface area (Å²) in [5, 5.41) is 2.09. The number of hydrogen-bond donors (Lipinski definition) is 0. The van der Waals surface area contributed by atoms with Gasteiger partial charge in [0, 0.05) is 24.9 Å². The van der Waals surface area contributed by atoms with Crippen LogP contribution in [-0.4, -0.2) is 47.9 Å². The van der Waals surface area contributed by atoms with Crippen LogP contribution in [0.4, 0.5) is 0 Å². The molecule has 5 nitrogen and oxygen atoms in total. The predicted molar refractivity (Wildman–Crippen MR) is 121 cm³/mol.